The van der Waals surface area contributed by atoms with Crippen LogP contribution in [0.25, 0.3) is 0 Å². The quantitative estimate of drug-likeness (QED) is 0.657. The number of rotatable bonds is 4. The van der Waals surface area contributed by atoms with Crippen molar-refractivity contribution in [3.05, 3.63) is 54.1 Å². The summed E-state index contributed by atoms with van der Waals surface area (Å²) in [4.78, 5) is 4.36. The number of nitrogen functional groups attached to an aromatic ring is 1. The molecule has 0 bridgehead atoms. The number of anilines is 1. The van der Waals surface area contributed by atoms with Crippen molar-refractivity contribution in [2.75, 3.05) is 12.3 Å². The van der Waals surface area contributed by atoms with E-state index < -0.39 is 0 Å². The molecule has 18 heavy (non-hydrogen) atoms. The van der Waals surface area contributed by atoms with Gasteiger partial charge in [-0.25, -0.2) is 0 Å². The van der Waals surface area contributed by atoms with Gasteiger partial charge in [0, 0.05) is 6.21 Å². The average Bonchev–Trinajstić information content (AvgIpc) is 2.40. The summed E-state index contributed by atoms with van der Waals surface area (Å²) in [5.41, 5.74) is 8.29. The molecule has 0 saturated carbocycles. The molecule has 2 aromatic carbocycles. The normalized spacial score (nSPS) is 10.7. The van der Waals surface area contributed by atoms with Crippen molar-refractivity contribution in [2.24, 2.45) is 4.99 Å². The minimum Gasteiger partial charge on any atom is -0.494 e. The number of aliphatic imine (C=N–C) groups is 1. The predicted octanol–water partition coefficient (Wildman–Crippen LogP) is 3.42. The highest BCUT2D eigenvalue weighted by molar-refractivity contribution is 5.83. The average molecular weight is 240 g/mol. The molecule has 92 valence electrons. The van der Waals surface area contributed by atoms with Crippen molar-refractivity contribution in [1.29, 1.82) is 0 Å². The zero-order valence-corrected chi connectivity index (χ0v) is 10.3. The molecule has 0 radical (unpaired) electrons. The molecule has 0 unspecified atom stereocenters. The second-order valence-electron chi connectivity index (χ2n) is 3.82. The van der Waals surface area contributed by atoms with Crippen LogP contribution in [-0.4, -0.2) is 12.8 Å². The number of hydrogen-bond donors (Lipinski definition) is 1. The van der Waals surface area contributed by atoms with E-state index in [4.69, 9.17) is 10.5 Å². The van der Waals surface area contributed by atoms with Crippen LogP contribution in [0.5, 0.6) is 5.75 Å². The summed E-state index contributed by atoms with van der Waals surface area (Å²) >= 11 is 0. The van der Waals surface area contributed by atoms with Gasteiger partial charge in [0.05, 0.1) is 18.0 Å². The first-order chi connectivity index (χ1) is 8.79. The third-order valence-electron chi connectivity index (χ3n) is 2.48. The van der Waals surface area contributed by atoms with Crippen LogP contribution < -0.4 is 10.5 Å². The Kier molecular flexibility index (Phi) is 3.97. The molecule has 2 rings (SSSR count). The molecule has 3 nitrogen and oxygen atoms in total. The lowest BCUT2D eigenvalue weighted by Crippen LogP contribution is -1.91. The lowest BCUT2D eigenvalue weighted by Gasteiger charge is -2.02. The van der Waals surface area contributed by atoms with Gasteiger partial charge in [-0.2, -0.15) is 0 Å². The Hall–Kier alpha value is -2.29. The smallest absolute Gasteiger partial charge is 0.119 e. The molecule has 2 N–H and O–H groups in total. The van der Waals surface area contributed by atoms with Crippen molar-refractivity contribution in [3.8, 4) is 5.75 Å². The van der Waals surface area contributed by atoms with Crippen LogP contribution in [0.1, 0.15) is 12.5 Å². The van der Waals surface area contributed by atoms with Crippen molar-refractivity contribution in [2.45, 2.75) is 6.92 Å². The van der Waals surface area contributed by atoms with E-state index in [-0.39, 0.29) is 0 Å². The molecular formula is C15H16N2O. The number of nitrogens with two attached hydrogens (primary N) is 1. The Bertz CT molecular complexity index is 532. The van der Waals surface area contributed by atoms with Crippen LogP contribution in [0.4, 0.5) is 11.4 Å². The number of hydrogen-bond acceptors (Lipinski definition) is 3. The van der Waals surface area contributed by atoms with Gasteiger partial charge in [-0.3, -0.25) is 4.99 Å². The standard InChI is InChI=1S/C15H16N2O/c1-2-18-13-9-7-12(8-10-13)11-17-15-6-4-3-5-14(15)16/h3-11H,2,16H2,1H3. The first-order valence-electron chi connectivity index (χ1n) is 5.91. The number of benzene rings is 2. The van der Waals surface area contributed by atoms with E-state index in [0.717, 1.165) is 17.0 Å². The second-order valence-corrected chi connectivity index (χ2v) is 3.82. The van der Waals surface area contributed by atoms with Crippen molar-refractivity contribution in [3.63, 3.8) is 0 Å². The van der Waals surface area contributed by atoms with Crippen LogP contribution in [0.3, 0.4) is 0 Å². The number of para-hydroxylation sites is 2. The van der Waals surface area contributed by atoms with Gasteiger partial charge in [0.2, 0.25) is 0 Å². The fourth-order valence-corrected chi connectivity index (χ4v) is 1.57. The molecular weight excluding hydrogens is 224 g/mol. The molecule has 0 atom stereocenters. The van der Waals surface area contributed by atoms with E-state index in [2.05, 4.69) is 4.99 Å². The molecule has 0 fully saturated rings. The summed E-state index contributed by atoms with van der Waals surface area (Å²) in [5, 5.41) is 0. The minimum atomic E-state index is 0.675. The third kappa shape index (κ3) is 3.10. The van der Waals surface area contributed by atoms with Crippen LogP contribution >= 0.6 is 0 Å². The van der Waals surface area contributed by atoms with Gasteiger partial charge in [0.25, 0.3) is 0 Å². The summed E-state index contributed by atoms with van der Waals surface area (Å²) in [6, 6.07) is 15.3. The Balaban J connectivity index is 2.12. The highest BCUT2D eigenvalue weighted by Crippen LogP contribution is 2.20. The highest BCUT2D eigenvalue weighted by atomic mass is 16.5. The molecule has 0 aliphatic rings. The predicted molar refractivity (Wildman–Crippen MR) is 75.7 cm³/mol. The lowest BCUT2D eigenvalue weighted by molar-refractivity contribution is 0.340. The Morgan fingerprint density at radius 1 is 1.11 bits per heavy atom. The van der Waals surface area contributed by atoms with E-state index in [9.17, 15) is 0 Å². The molecule has 2 aromatic rings. The fraction of sp³-hybridized carbons (Fsp3) is 0.133. The molecule has 0 aliphatic carbocycles. The topological polar surface area (TPSA) is 47.6 Å². The summed E-state index contributed by atoms with van der Waals surface area (Å²) in [7, 11) is 0. The molecule has 0 heterocycles. The number of nitrogens with zero attached hydrogens (tertiary/aromatic N) is 1. The van der Waals surface area contributed by atoms with Gasteiger partial charge in [-0.1, -0.05) is 12.1 Å². The second kappa shape index (κ2) is 5.87. The summed E-state index contributed by atoms with van der Waals surface area (Å²) < 4.78 is 5.38. The van der Waals surface area contributed by atoms with Crippen LogP contribution in [0, 0.1) is 0 Å². The summed E-state index contributed by atoms with van der Waals surface area (Å²) in [6.07, 6.45) is 1.79. The van der Waals surface area contributed by atoms with Gasteiger partial charge in [-0.15, -0.1) is 0 Å². The van der Waals surface area contributed by atoms with E-state index in [0.29, 0.717) is 12.3 Å². The lowest BCUT2D eigenvalue weighted by atomic mass is 10.2. The van der Waals surface area contributed by atoms with Crippen molar-refractivity contribution in [1.82, 2.24) is 0 Å². The number of ether oxygens (including phenoxy) is 1. The third-order valence-corrected chi connectivity index (χ3v) is 2.48. The monoisotopic (exact) mass is 240 g/mol. The van der Waals surface area contributed by atoms with Crippen molar-refractivity contribution >= 4 is 17.6 Å². The van der Waals surface area contributed by atoms with Gasteiger partial charge < -0.3 is 10.5 Å². The molecule has 0 spiro atoms. The molecule has 0 aliphatic heterocycles. The fourth-order valence-electron chi connectivity index (χ4n) is 1.57. The maximum atomic E-state index is 5.81. The maximum Gasteiger partial charge on any atom is 0.119 e. The van der Waals surface area contributed by atoms with Crippen LogP contribution in [0.15, 0.2) is 53.5 Å². The molecule has 3 heteroatoms. The first-order valence-corrected chi connectivity index (χ1v) is 5.91. The molecule has 0 amide bonds. The van der Waals surface area contributed by atoms with E-state index in [1.54, 1.807) is 6.21 Å². The van der Waals surface area contributed by atoms with Gasteiger partial charge in [-0.05, 0) is 48.9 Å². The van der Waals surface area contributed by atoms with E-state index in [1.807, 2.05) is 55.5 Å². The van der Waals surface area contributed by atoms with Gasteiger partial charge in [0.1, 0.15) is 5.75 Å². The zero-order valence-electron chi connectivity index (χ0n) is 10.3. The summed E-state index contributed by atoms with van der Waals surface area (Å²) in [5.74, 6) is 0.869. The SMILES string of the molecule is CCOc1ccc(C=Nc2ccccc2N)cc1. The molecule has 0 aromatic heterocycles. The first kappa shape index (κ1) is 12.2. The van der Waals surface area contributed by atoms with Gasteiger partial charge in [0.15, 0.2) is 0 Å². The Labute approximate surface area is 107 Å². The molecule has 0 saturated heterocycles. The van der Waals surface area contributed by atoms with E-state index >= 15 is 0 Å². The Morgan fingerprint density at radius 2 is 1.83 bits per heavy atom. The van der Waals surface area contributed by atoms with Gasteiger partial charge >= 0.3 is 0 Å². The maximum absolute atomic E-state index is 5.81. The zero-order chi connectivity index (χ0) is 12.8. The largest absolute Gasteiger partial charge is 0.494 e. The Morgan fingerprint density at radius 3 is 2.50 bits per heavy atom. The minimum absolute atomic E-state index is 0.675. The van der Waals surface area contributed by atoms with E-state index in [1.165, 1.54) is 0 Å². The van der Waals surface area contributed by atoms with Crippen LogP contribution in [0.2, 0.25) is 0 Å². The summed E-state index contributed by atoms with van der Waals surface area (Å²) in [6.45, 7) is 2.64. The highest BCUT2D eigenvalue weighted by Gasteiger charge is 1.94. The van der Waals surface area contributed by atoms with Crippen molar-refractivity contribution < 1.29 is 4.74 Å². The van der Waals surface area contributed by atoms with Crippen LogP contribution in [-0.2, 0) is 0 Å².